The summed E-state index contributed by atoms with van der Waals surface area (Å²) in [6.45, 7) is 7.34. The summed E-state index contributed by atoms with van der Waals surface area (Å²) < 4.78 is 5.36. The Balaban J connectivity index is 1.90. The first kappa shape index (κ1) is 15.5. The van der Waals surface area contributed by atoms with E-state index in [0.29, 0.717) is 0 Å². The number of fused-ring (bicyclic) bond motifs is 1. The number of ether oxygens (including phenoxy) is 1. The van der Waals surface area contributed by atoms with E-state index in [1.165, 1.54) is 0 Å². The monoisotopic (exact) mass is 283 g/mol. The molecule has 1 fully saturated rings. The van der Waals surface area contributed by atoms with Crippen molar-refractivity contribution in [3.05, 3.63) is 11.6 Å². The maximum absolute atomic E-state index is 12.1. The van der Waals surface area contributed by atoms with Crippen LogP contribution >= 0.6 is 0 Å². The summed E-state index contributed by atoms with van der Waals surface area (Å²) >= 11 is 0. The molecule has 4 atom stereocenters. The van der Waals surface area contributed by atoms with Gasteiger partial charge in [-0.3, -0.25) is 9.69 Å². The number of aliphatic hydroxyl groups excluding tert-OH is 2. The van der Waals surface area contributed by atoms with Crippen LogP contribution in [0.5, 0.6) is 0 Å². The molecule has 20 heavy (non-hydrogen) atoms. The van der Waals surface area contributed by atoms with Gasteiger partial charge in [0.2, 0.25) is 0 Å². The minimum atomic E-state index is -0.714. The summed E-state index contributed by atoms with van der Waals surface area (Å²) in [5.74, 6) is -0.822. The van der Waals surface area contributed by atoms with Gasteiger partial charge < -0.3 is 14.9 Å². The second-order valence-electron chi connectivity index (χ2n) is 6.19. The molecule has 5 heteroatoms. The van der Waals surface area contributed by atoms with Crippen molar-refractivity contribution < 1.29 is 19.7 Å². The average molecular weight is 283 g/mol. The molecule has 2 N–H and O–H groups in total. The highest BCUT2D eigenvalue weighted by Gasteiger charge is 2.39. The number of rotatable bonds is 5. The van der Waals surface area contributed by atoms with Crippen molar-refractivity contribution in [3.63, 3.8) is 0 Å². The van der Waals surface area contributed by atoms with Gasteiger partial charge in [-0.15, -0.1) is 0 Å². The quantitative estimate of drug-likeness (QED) is 0.570. The van der Waals surface area contributed by atoms with Crippen LogP contribution in [0.25, 0.3) is 0 Å². The zero-order chi connectivity index (χ0) is 14.9. The lowest BCUT2D eigenvalue weighted by Gasteiger charge is -2.24. The van der Waals surface area contributed by atoms with Gasteiger partial charge in [-0.25, -0.2) is 0 Å². The third kappa shape index (κ3) is 3.05. The van der Waals surface area contributed by atoms with Crippen LogP contribution < -0.4 is 0 Å². The van der Waals surface area contributed by atoms with Crippen LogP contribution in [0.4, 0.5) is 0 Å². The van der Waals surface area contributed by atoms with Gasteiger partial charge in [-0.1, -0.05) is 19.9 Å². The molecular weight excluding hydrogens is 258 g/mol. The molecule has 0 amide bonds. The smallest absolute Gasteiger partial charge is 0.312 e. The Kier molecular flexibility index (Phi) is 4.83. The van der Waals surface area contributed by atoms with Crippen LogP contribution in [0.15, 0.2) is 11.6 Å². The number of hydrogen-bond donors (Lipinski definition) is 2. The van der Waals surface area contributed by atoms with Crippen LogP contribution in [0, 0.1) is 11.8 Å². The molecule has 0 aliphatic carbocycles. The van der Waals surface area contributed by atoms with Crippen LogP contribution in [0.1, 0.15) is 27.2 Å². The van der Waals surface area contributed by atoms with Gasteiger partial charge >= 0.3 is 5.97 Å². The fourth-order valence-electron chi connectivity index (χ4n) is 3.30. The van der Waals surface area contributed by atoms with Gasteiger partial charge in [0.15, 0.2) is 0 Å². The van der Waals surface area contributed by atoms with Gasteiger partial charge in [0, 0.05) is 13.1 Å². The van der Waals surface area contributed by atoms with E-state index in [4.69, 9.17) is 4.74 Å². The Labute approximate surface area is 120 Å². The Hall–Kier alpha value is -0.910. The topological polar surface area (TPSA) is 70.0 Å². The summed E-state index contributed by atoms with van der Waals surface area (Å²) in [5.41, 5.74) is 0.983. The SMILES string of the molecule is CC(C)C(C(=O)OCC1=CCN2CC[C@@H](O)[C@@H]12)[C@@H](C)O. The Morgan fingerprint density at radius 2 is 2.20 bits per heavy atom. The first-order valence-electron chi connectivity index (χ1n) is 7.37. The van der Waals surface area contributed by atoms with E-state index >= 15 is 0 Å². The average Bonchev–Trinajstić information content (AvgIpc) is 2.90. The van der Waals surface area contributed by atoms with Crippen molar-refractivity contribution in [2.24, 2.45) is 11.8 Å². The summed E-state index contributed by atoms with van der Waals surface area (Å²) in [7, 11) is 0. The van der Waals surface area contributed by atoms with Gasteiger partial charge in [-0.05, 0) is 24.8 Å². The van der Waals surface area contributed by atoms with E-state index in [1.54, 1.807) is 6.92 Å². The molecule has 0 aromatic rings. The zero-order valence-electron chi connectivity index (χ0n) is 12.5. The Morgan fingerprint density at radius 1 is 1.50 bits per heavy atom. The summed E-state index contributed by atoms with van der Waals surface area (Å²) in [6.07, 6.45) is 1.74. The lowest BCUT2D eigenvalue weighted by atomic mass is 9.91. The van der Waals surface area contributed by atoms with Crippen LogP contribution in [0.2, 0.25) is 0 Å². The van der Waals surface area contributed by atoms with Gasteiger partial charge in [0.1, 0.15) is 6.61 Å². The molecule has 0 aromatic heterocycles. The molecule has 0 spiro atoms. The van der Waals surface area contributed by atoms with Crippen molar-refractivity contribution in [1.29, 1.82) is 0 Å². The summed E-state index contributed by atoms with van der Waals surface area (Å²) in [4.78, 5) is 14.3. The molecular formula is C15H25NO4. The van der Waals surface area contributed by atoms with E-state index in [0.717, 1.165) is 25.1 Å². The van der Waals surface area contributed by atoms with Crippen LogP contribution in [-0.2, 0) is 9.53 Å². The minimum Gasteiger partial charge on any atom is -0.461 e. The maximum Gasteiger partial charge on any atom is 0.312 e. The molecule has 2 aliphatic rings. The lowest BCUT2D eigenvalue weighted by molar-refractivity contribution is -0.153. The largest absolute Gasteiger partial charge is 0.461 e. The van der Waals surface area contributed by atoms with Crippen molar-refractivity contribution in [2.75, 3.05) is 19.7 Å². The van der Waals surface area contributed by atoms with E-state index in [2.05, 4.69) is 4.90 Å². The molecule has 1 saturated heterocycles. The van der Waals surface area contributed by atoms with Gasteiger partial charge in [-0.2, -0.15) is 0 Å². The van der Waals surface area contributed by atoms with Crippen molar-refractivity contribution in [3.8, 4) is 0 Å². The predicted octanol–water partition coefficient (Wildman–Crippen LogP) is 0.558. The number of hydrogen-bond acceptors (Lipinski definition) is 5. The molecule has 2 heterocycles. The highest BCUT2D eigenvalue weighted by atomic mass is 16.5. The molecule has 1 unspecified atom stereocenters. The third-order valence-electron chi connectivity index (χ3n) is 4.33. The second kappa shape index (κ2) is 6.24. The van der Waals surface area contributed by atoms with E-state index < -0.39 is 12.0 Å². The number of carbonyl (C=O) groups excluding carboxylic acids is 1. The summed E-state index contributed by atoms with van der Waals surface area (Å²) in [6, 6.07) is 0.00634. The van der Waals surface area contributed by atoms with Gasteiger partial charge in [0.05, 0.1) is 24.2 Å². The third-order valence-corrected chi connectivity index (χ3v) is 4.33. The highest BCUT2D eigenvalue weighted by Crippen LogP contribution is 2.29. The van der Waals surface area contributed by atoms with Crippen molar-refractivity contribution in [1.82, 2.24) is 4.90 Å². The maximum atomic E-state index is 12.1. The Morgan fingerprint density at radius 3 is 2.80 bits per heavy atom. The van der Waals surface area contributed by atoms with Crippen LogP contribution in [0.3, 0.4) is 0 Å². The molecule has 0 saturated carbocycles. The number of aliphatic hydroxyl groups is 2. The minimum absolute atomic E-state index is 0.00634. The fraction of sp³-hybridized carbons (Fsp3) is 0.800. The summed E-state index contributed by atoms with van der Waals surface area (Å²) in [5, 5.41) is 19.6. The molecule has 5 nitrogen and oxygen atoms in total. The van der Waals surface area contributed by atoms with E-state index in [-0.39, 0.29) is 30.6 Å². The van der Waals surface area contributed by atoms with E-state index in [9.17, 15) is 15.0 Å². The molecule has 0 aromatic carbocycles. The predicted molar refractivity (Wildman–Crippen MR) is 75.0 cm³/mol. The molecule has 0 radical (unpaired) electrons. The Bertz CT molecular complexity index is 383. The highest BCUT2D eigenvalue weighted by molar-refractivity contribution is 5.73. The van der Waals surface area contributed by atoms with Crippen molar-refractivity contribution >= 4 is 5.97 Å². The number of carbonyl (C=O) groups is 1. The molecule has 2 aliphatic heterocycles. The zero-order valence-corrected chi connectivity index (χ0v) is 12.5. The number of esters is 1. The number of nitrogens with zero attached hydrogens (tertiary/aromatic N) is 1. The standard InChI is InChI=1S/C15H25NO4/c1-9(2)13(10(3)17)15(19)20-8-11-4-6-16-7-5-12(18)14(11)16/h4,9-10,12-14,17-18H,5-8H2,1-3H3/t10-,12-,13?,14-/m1/s1. The normalized spacial score (nSPS) is 29.2. The lowest BCUT2D eigenvalue weighted by Crippen LogP contribution is -2.35. The van der Waals surface area contributed by atoms with E-state index in [1.807, 2.05) is 19.9 Å². The molecule has 0 bridgehead atoms. The fourth-order valence-corrected chi connectivity index (χ4v) is 3.30. The van der Waals surface area contributed by atoms with Gasteiger partial charge in [0.25, 0.3) is 0 Å². The first-order valence-corrected chi connectivity index (χ1v) is 7.37. The molecule has 114 valence electrons. The van der Waals surface area contributed by atoms with Crippen molar-refractivity contribution in [2.45, 2.75) is 45.4 Å². The first-order chi connectivity index (χ1) is 9.41. The van der Waals surface area contributed by atoms with Crippen LogP contribution in [-0.4, -0.2) is 59.0 Å². The molecule has 2 rings (SSSR count). The second-order valence-corrected chi connectivity index (χ2v) is 6.19.